The zero-order valence-corrected chi connectivity index (χ0v) is 15.5. The fourth-order valence-corrected chi connectivity index (χ4v) is 4.37. The number of anilines is 1. The first-order chi connectivity index (χ1) is 11.8. The van der Waals surface area contributed by atoms with Gasteiger partial charge in [0.2, 0.25) is 0 Å². The van der Waals surface area contributed by atoms with Crippen LogP contribution in [0, 0.1) is 0 Å². The van der Waals surface area contributed by atoms with Gasteiger partial charge in [-0.15, -0.1) is 0 Å². The quantitative estimate of drug-likeness (QED) is 0.733. The number of halogens is 4. The van der Waals surface area contributed by atoms with Crippen molar-refractivity contribution >= 4 is 27.5 Å². The lowest BCUT2D eigenvalue weighted by Gasteiger charge is -2.33. The monoisotopic (exact) mass is 420 g/mol. The molecule has 0 saturated carbocycles. The molecule has 25 heavy (non-hydrogen) atoms. The van der Waals surface area contributed by atoms with E-state index < -0.39 is 12.1 Å². The van der Waals surface area contributed by atoms with E-state index in [1.165, 1.54) is 0 Å². The smallest absolute Gasteiger partial charge is 0.471 e. The lowest BCUT2D eigenvalue weighted by atomic mass is 10.0. The normalized spacial score (nSPS) is 17.5. The number of carbonyl (C=O) groups excluding carboxylic acids is 1. The first-order valence-electron chi connectivity index (χ1n) is 8.41. The van der Waals surface area contributed by atoms with E-state index in [2.05, 4.69) is 27.8 Å². The fraction of sp³-hybridized carbons (Fsp3) is 0.588. The molecule has 0 unspecified atom stereocenters. The molecule has 0 aromatic heterocycles. The summed E-state index contributed by atoms with van der Waals surface area (Å²) in [6, 6.07) is 1.93. The SMILES string of the molecule is CCCN1CCOc2cc3c(c(Br)c21)CCN(C(=O)C(F)(F)F)CC3. The zero-order valence-electron chi connectivity index (χ0n) is 14.0. The molecule has 0 N–H and O–H groups in total. The Labute approximate surface area is 153 Å². The maximum atomic E-state index is 12.7. The minimum absolute atomic E-state index is 0.0647. The van der Waals surface area contributed by atoms with Crippen molar-refractivity contribution in [2.24, 2.45) is 0 Å². The second kappa shape index (κ2) is 7.05. The Morgan fingerprint density at radius 1 is 1.28 bits per heavy atom. The molecule has 1 aromatic rings. The standard InChI is InChI=1S/C17H20BrF3N2O2/c1-2-5-22-8-9-25-13-10-11-3-6-23(16(24)17(19,20)21)7-4-12(11)14(18)15(13)22/h10H,2-9H2,1H3. The summed E-state index contributed by atoms with van der Waals surface area (Å²) in [5, 5.41) is 0. The molecule has 0 atom stereocenters. The number of carbonyl (C=O) groups is 1. The highest BCUT2D eigenvalue weighted by Crippen LogP contribution is 2.43. The largest absolute Gasteiger partial charge is 0.490 e. The highest BCUT2D eigenvalue weighted by Gasteiger charge is 2.42. The van der Waals surface area contributed by atoms with E-state index in [0.717, 1.165) is 51.4 Å². The van der Waals surface area contributed by atoms with Crippen LogP contribution in [0.2, 0.25) is 0 Å². The molecule has 0 radical (unpaired) electrons. The van der Waals surface area contributed by atoms with Crippen LogP contribution in [0.5, 0.6) is 5.75 Å². The molecule has 138 valence electrons. The molecule has 0 aliphatic carbocycles. The minimum Gasteiger partial charge on any atom is -0.490 e. The Morgan fingerprint density at radius 2 is 2.00 bits per heavy atom. The highest BCUT2D eigenvalue weighted by molar-refractivity contribution is 9.10. The Morgan fingerprint density at radius 3 is 2.68 bits per heavy atom. The molecular formula is C17H20BrF3N2O2. The van der Waals surface area contributed by atoms with Crippen molar-refractivity contribution in [3.63, 3.8) is 0 Å². The van der Waals surface area contributed by atoms with Crippen molar-refractivity contribution in [3.05, 3.63) is 21.7 Å². The van der Waals surface area contributed by atoms with Gasteiger partial charge < -0.3 is 14.5 Å². The van der Waals surface area contributed by atoms with Gasteiger partial charge in [0.25, 0.3) is 0 Å². The van der Waals surface area contributed by atoms with Gasteiger partial charge in [-0.25, -0.2) is 0 Å². The number of amides is 1. The van der Waals surface area contributed by atoms with Crippen LogP contribution in [0.25, 0.3) is 0 Å². The maximum absolute atomic E-state index is 12.7. The molecule has 2 aliphatic heterocycles. The number of hydrogen-bond acceptors (Lipinski definition) is 3. The molecule has 3 rings (SSSR count). The van der Waals surface area contributed by atoms with Crippen molar-refractivity contribution < 1.29 is 22.7 Å². The Hall–Kier alpha value is -1.44. The van der Waals surface area contributed by atoms with Crippen LogP contribution in [-0.2, 0) is 17.6 Å². The van der Waals surface area contributed by atoms with Crippen molar-refractivity contribution in [2.45, 2.75) is 32.4 Å². The molecule has 4 nitrogen and oxygen atoms in total. The van der Waals surface area contributed by atoms with Crippen molar-refractivity contribution in [1.82, 2.24) is 4.90 Å². The summed E-state index contributed by atoms with van der Waals surface area (Å²) in [5.74, 6) is -0.994. The van der Waals surface area contributed by atoms with Crippen molar-refractivity contribution in [2.75, 3.05) is 37.7 Å². The van der Waals surface area contributed by atoms with E-state index in [1.807, 2.05) is 6.07 Å². The maximum Gasteiger partial charge on any atom is 0.471 e. The number of nitrogens with zero attached hydrogens (tertiary/aromatic N) is 2. The Balaban J connectivity index is 1.91. The van der Waals surface area contributed by atoms with Crippen LogP contribution in [0.15, 0.2) is 10.5 Å². The van der Waals surface area contributed by atoms with Crippen LogP contribution in [0.1, 0.15) is 24.5 Å². The summed E-state index contributed by atoms with van der Waals surface area (Å²) < 4.78 is 44.9. The topological polar surface area (TPSA) is 32.8 Å². The summed E-state index contributed by atoms with van der Waals surface area (Å²) in [6.45, 7) is 4.51. The molecule has 0 spiro atoms. The Kier molecular flexibility index (Phi) is 5.18. The average molecular weight is 421 g/mol. The van der Waals surface area contributed by atoms with Crippen molar-refractivity contribution in [3.8, 4) is 5.75 Å². The number of hydrogen-bond donors (Lipinski definition) is 0. The van der Waals surface area contributed by atoms with Gasteiger partial charge in [-0.1, -0.05) is 6.92 Å². The molecular weight excluding hydrogens is 401 g/mol. The van der Waals surface area contributed by atoms with Gasteiger partial charge in [-0.05, 0) is 52.4 Å². The Bertz CT molecular complexity index is 679. The van der Waals surface area contributed by atoms with E-state index in [0.29, 0.717) is 19.4 Å². The molecule has 8 heteroatoms. The second-order valence-corrected chi connectivity index (χ2v) is 7.09. The van der Waals surface area contributed by atoms with Gasteiger partial charge in [0.05, 0.1) is 12.2 Å². The number of benzene rings is 1. The molecule has 0 saturated heterocycles. The van der Waals surface area contributed by atoms with E-state index in [9.17, 15) is 18.0 Å². The lowest BCUT2D eigenvalue weighted by Crippen LogP contribution is -2.42. The van der Waals surface area contributed by atoms with Crippen LogP contribution < -0.4 is 9.64 Å². The van der Waals surface area contributed by atoms with Crippen molar-refractivity contribution in [1.29, 1.82) is 0 Å². The van der Waals surface area contributed by atoms with Gasteiger partial charge in [0, 0.05) is 24.1 Å². The summed E-state index contributed by atoms with van der Waals surface area (Å²) >= 11 is 3.65. The summed E-state index contributed by atoms with van der Waals surface area (Å²) in [6.07, 6.45) is -3.05. The summed E-state index contributed by atoms with van der Waals surface area (Å²) in [7, 11) is 0. The molecule has 0 fully saturated rings. The third-order valence-electron chi connectivity index (χ3n) is 4.64. The molecule has 2 aliphatic rings. The third-order valence-corrected chi connectivity index (χ3v) is 5.49. The van der Waals surface area contributed by atoms with E-state index in [4.69, 9.17) is 4.74 Å². The molecule has 1 aromatic carbocycles. The molecule has 2 heterocycles. The number of rotatable bonds is 2. The van der Waals surface area contributed by atoms with Crippen LogP contribution in [-0.4, -0.2) is 49.8 Å². The number of fused-ring (bicyclic) bond motifs is 2. The van der Waals surface area contributed by atoms with Crippen LogP contribution >= 0.6 is 15.9 Å². The average Bonchev–Trinajstić information content (AvgIpc) is 2.76. The predicted molar refractivity (Wildman–Crippen MR) is 92.2 cm³/mol. The lowest BCUT2D eigenvalue weighted by molar-refractivity contribution is -0.185. The fourth-order valence-electron chi connectivity index (χ4n) is 3.47. The van der Waals surface area contributed by atoms with Crippen LogP contribution in [0.4, 0.5) is 18.9 Å². The summed E-state index contributed by atoms with van der Waals surface area (Å²) in [4.78, 5) is 14.7. The number of ether oxygens (including phenoxy) is 1. The van der Waals surface area contributed by atoms with Gasteiger partial charge >= 0.3 is 12.1 Å². The van der Waals surface area contributed by atoms with E-state index >= 15 is 0 Å². The van der Waals surface area contributed by atoms with Crippen LogP contribution in [0.3, 0.4) is 0 Å². The molecule has 1 amide bonds. The van der Waals surface area contributed by atoms with Gasteiger partial charge in [-0.2, -0.15) is 13.2 Å². The third kappa shape index (κ3) is 3.59. The first kappa shape index (κ1) is 18.4. The highest BCUT2D eigenvalue weighted by atomic mass is 79.9. The predicted octanol–water partition coefficient (Wildman–Crippen LogP) is 3.55. The van der Waals surface area contributed by atoms with Gasteiger partial charge in [-0.3, -0.25) is 4.79 Å². The first-order valence-corrected chi connectivity index (χ1v) is 9.20. The van der Waals surface area contributed by atoms with Gasteiger partial charge in [0.1, 0.15) is 12.4 Å². The van der Waals surface area contributed by atoms with Gasteiger partial charge in [0.15, 0.2) is 0 Å². The number of alkyl halides is 3. The van der Waals surface area contributed by atoms with E-state index in [-0.39, 0.29) is 13.1 Å². The van der Waals surface area contributed by atoms with E-state index in [1.54, 1.807) is 0 Å². The second-order valence-electron chi connectivity index (χ2n) is 6.30. The minimum atomic E-state index is -4.83. The molecule has 0 bridgehead atoms. The summed E-state index contributed by atoms with van der Waals surface area (Å²) in [5.41, 5.74) is 2.90. The zero-order chi connectivity index (χ0) is 18.2.